The van der Waals surface area contributed by atoms with Gasteiger partial charge in [0.05, 0.1) is 13.0 Å². The first kappa shape index (κ1) is 16.4. The van der Waals surface area contributed by atoms with Gasteiger partial charge in [-0.05, 0) is 31.9 Å². The Labute approximate surface area is 140 Å². The number of aryl methyl sites for hydroxylation is 2. The van der Waals surface area contributed by atoms with Crippen molar-refractivity contribution in [1.82, 2.24) is 15.2 Å². The van der Waals surface area contributed by atoms with Gasteiger partial charge < -0.3 is 14.7 Å². The number of β-amino-alcohol motifs (C(OH)–C–C–N with tert-alkyl or cyclic N) is 1. The third kappa shape index (κ3) is 3.56. The van der Waals surface area contributed by atoms with E-state index in [0.29, 0.717) is 24.4 Å². The fraction of sp³-hybridized carbons (Fsp3) is 0.471. The lowest BCUT2D eigenvalue weighted by molar-refractivity contribution is -0.130. The summed E-state index contributed by atoms with van der Waals surface area (Å²) in [4.78, 5) is 14.0. The summed E-state index contributed by atoms with van der Waals surface area (Å²) in [5, 5.41) is 18.1. The van der Waals surface area contributed by atoms with Crippen molar-refractivity contribution in [3.05, 3.63) is 41.2 Å². The highest BCUT2D eigenvalue weighted by atomic mass is 16.6. The number of hydrogen-bond donors (Lipinski definition) is 1. The standard InChI is InChI=1S/C17H21N3O4/c1-12-5-3-4-6-15(12)23-11-17(22)7-8-20(10-17)16(21)9-14-13(2)18-24-19-14/h3-6,22H,7-11H2,1-2H3/t17-/m0/s1. The number of hydrogen-bond acceptors (Lipinski definition) is 6. The van der Waals surface area contributed by atoms with Crippen molar-refractivity contribution in [3.8, 4) is 5.75 Å². The lowest BCUT2D eigenvalue weighted by atomic mass is 10.1. The summed E-state index contributed by atoms with van der Waals surface area (Å²) in [5.41, 5.74) is 1.13. The highest BCUT2D eigenvalue weighted by Crippen LogP contribution is 2.25. The molecule has 1 aromatic carbocycles. The number of benzene rings is 1. The number of para-hydroxylation sites is 1. The van der Waals surface area contributed by atoms with Crippen molar-refractivity contribution < 1.29 is 19.3 Å². The van der Waals surface area contributed by atoms with Gasteiger partial charge in [0.15, 0.2) is 0 Å². The second-order valence-electron chi connectivity index (χ2n) is 6.32. The molecule has 0 aliphatic carbocycles. The summed E-state index contributed by atoms with van der Waals surface area (Å²) >= 11 is 0. The average molecular weight is 331 g/mol. The minimum atomic E-state index is -1.03. The molecule has 7 heteroatoms. The van der Waals surface area contributed by atoms with E-state index in [-0.39, 0.29) is 25.5 Å². The van der Waals surface area contributed by atoms with Gasteiger partial charge in [0, 0.05) is 6.54 Å². The van der Waals surface area contributed by atoms with E-state index in [1.54, 1.807) is 11.8 Å². The van der Waals surface area contributed by atoms with Crippen LogP contribution in [0.2, 0.25) is 0 Å². The zero-order chi connectivity index (χ0) is 17.2. The molecule has 1 aliphatic heterocycles. The zero-order valence-electron chi connectivity index (χ0n) is 13.9. The first-order chi connectivity index (χ1) is 11.5. The maximum Gasteiger partial charge on any atom is 0.228 e. The van der Waals surface area contributed by atoms with E-state index >= 15 is 0 Å². The molecule has 1 N–H and O–H groups in total. The van der Waals surface area contributed by atoms with Crippen molar-refractivity contribution >= 4 is 5.91 Å². The van der Waals surface area contributed by atoms with E-state index in [0.717, 1.165) is 11.3 Å². The van der Waals surface area contributed by atoms with Gasteiger partial charge in [0.25, 0.3) is 0 Å². The van der Waals surface area contributed by atoms with Gasteiger partial charge in [-0.1, -0.05) is 28.5 Å². The summed E-state index contributed by atoms with van der Waals surface area (Å²) < 4.78 is 10.4. The highest BCUT2D eigenvalue weighted by molar-refractivity contribution is 5.78. The Morgan fingerprint density at radius 2 is 2.17 bits per heavy atom. The zero-order valence-corrected chi connectivity index (χ0v) is 13.9. The molecule has 3 rings (SSSR count). The van der Waals surface area contributed by atoms with Gasteiger partial charge in [-0.3, -0.25) is 4.79 Å². The molecule has 1 atom stereocenters. The molecular formula is C17H21N3O4. The molecular weight excluding hydrogens is 310 g/mol. The Bertz CT molecular complexity index is 730. The number of amides is 1. The van der Waals surface area contributed by atoms with Crippen LogP contribution in [0.25, 0.3) is 0 Å². The normalized spacial score (nSPS) is 20.4. The molecule has 128 valence electrons. The number of likely N-dealkylation sites (tertiary alicyclic amines) is 1. The van der Waals surface area contributed by atoms with Crippen LogP contribution in [-0.4, -0.2) is 51.5 Å². The number of nitrogens with zero attached hydrogens (tertiary/aromatic N) is 3. The molecule has 24 heavy (non-hydrogen) atoms. The minimum Gasteiger partial charge on any atom is -0.490 e. The summed E-state index contributed by atoms with van der Waals surface area (Å²) in [7, 11) is 0. The monoisotopic (exact) mass is 331 g/mol. The minimum absolute atomic E-state index is 0.0967. The molecule has 0 saturated carbocycles. The molecule has 2 aromatic rings. The molecule has 0 spiro atoms. The first-order valence-corrected chi connectivity index (χ1v) is 7.93. The number of aromatic nitrogens is 2. The Kier molecular flexibility index (Phi) is 4.53. The second-order valence-corrected chi connectivity index (χ2v) is 6.32. The van der Waals surface area contributed by atoms with Gasteiger partial charge in [-0.2, -0.15) is 0 Å². The second kappa shape index (κ2) is 6.60. The van der Waals surface area contributed by atoms with Crippen LogP contribution in [0.1, 0.15) is 23.4 Å². The van der Waals surface area contributed by atoms with Crippen LogP contribution in [0.4, 0.5) is 0 Å². The van der Waals surface area contributed by atoms with Gasteiger partial charge >= 0.3 is 0 Å². The molecule has 0 unspecified atom stereocenters. The Balaban J connectivity index is 1.56. The molecule has 1 amide bonds. The fourth-order valence-corrected chi connectivity index (χ4v) is 2.78. The quantitative estimate of drug-likeness (QED) is 0.887. The topological polar surface area (TPSA) is 88.7 Å². The summed E-state index contributed by atoms with van der Waals surface area (Å²) in [6, 6.07) is 7.66. The summed E-state index contributed by atoms with van der Waals surface area (Å²) in [6.07, 6.45) is 0.616. The van der Waals surface area contributed by atoms with Crippen LogP contribution >= 0.6 is 0 Å². The third-order valence-electron chi connectivity index (χ3n) is 4.34. The van der Waals surface area contributed by atoms with Crippen LogP contribution in [0.3, 0.4) is 0 Å². The lowest BCUT2D eigenvalue weighted by Crippen LogP contribution is -2.41. The predicted octanol–water partition coefficient (Wildman–Crippen LogP) is 1.27. The van der Waals surface area contributed by atoms with Crippen molar-refractivity contribution in [3.63, 3.8) is 0 Å². The lowest BCUT2D eigenvalue weighted by Gasteiger charge is -2.24. The molecule has 0 radical (unpaired) electrons. The van der Waals surface area contributed by atoms with Gasteiger partial charge in [-0.15, -0.1) is 0 Å². The van der Waals surface area contributed by atoms with Crippen LogP contribution in [0, 0.1) is 13.8 Å². The maximum atomic E-state index is 12.3. The smallest absolute Gasteiger partial charge is 0.228 e. The van der Waals surface area contributed by atoms with Crippen molar-refractivity contribution in [2.45, 2.75) is 32.3 Å². The van der Waals surface area contributed by atoms with Crippen LogP contribution in [0.5, 0.6) is 5.75 Å². The fourth-order valence-electron chi connectivity index (χ4n) is 2.78. The summed E-state index contributed by atoms with van der Waals surface area (Å²) in [5.74, 6) is 0.653. The van der Waals surface area contributed by atoms with E-state index in [1.165, 1.54) is 0 Å². The molecule has 1 aromatic heterocycles. The average Bonchev–Trinajstić information content (AvgIpc) is 3.14. The van der Waals surface area contributed by atoms with Crippen LogP contribution in [0.15, 0.2) is 28.9 Å². The molecule has 0 bridgehead atoms. The van der Waals surface area contributed by atoms with E-state index < -0.39 is 5.60 Å². The Morgan fingerprint density at radius 3 is 2.88 bits per heavy atom. The molecule has 2 heterocycles. The van der Waals surface area contributed by atoms with Crippen molar-refractivity contribution in [2.24, 2.45) is 0 Å². The summed E-state index contributed by atoms with van der Waals surface area (Å²) in [6.45, 7) is 4.61. The van der Waals surface area contributed by atoms with Gasteiger partial charge in [0.2, 0.25) is 5.91 Å². The largest absolute Gasteiger partial charge is 0.490 e. The number of rotatable bonds is 5. The molecule has 1 fully saturated rings. The SMILES string of the molecule is Cc1ccccc1OC[C@]1(O)CCN(C(=O)Cc2nonc2C)C1. The number of carbonyl (C=O) groups is 1. The van der Waals surface area contributed by atoms with Crippen molar-refractivity contribution in [2.75, 3.05) is 19.7 Å². The van der Waals surface area contributed by atoms with Crippen molar-refractivity contribution in [1.29, 1.82) is 0 Å². The van der Waals surface area contributed by atoms with Crippen LogP contribution in [-0.2, 0) is 11.2 Å². The van der Waals surface area contributed by atoms with Gasteiger partial charge in [-0.25, -0.2) is 4.63 Å². The number of ether oxygens (including phenoxy) is 1. The van der Waals surface area contributed by atoms with Crippen LogP contribution < -0.4 is 4.74 Å². The molecule has 1 aliphatic rings. The third-order valence-corrected chi connectivity index (χ3v) is 4.34. The van der Waals surface area contributed by atoms with Gasteiger partial charge in [0.1, 0.15) is 29.3 Å². The van der Waals surface area contributed by atoms with E-state index in [4.69, 9.17) is 4.74 Å². The van der Waals surface area contributed by atoms with E-state index in [2.05, 4.69) is 14.9 Å². The molecule has 7 nitrogen and oxygen atoms in total. The number of aliphatic hydroxyl groups is 1. The molecule has 1 saturated heterocycles. The Morgan fingerprint density at radius 1 is 1.38 bits per heavy atom. The highest BCUT2D eigenvalue weighted by Gasteiger charge is 2.39. The number of carbonyl (C=O) groups excluding carboxylic acids is 1. The first-order valence-electron chi connectivity index (χ1n) is 7.93. The van der Waals surface area contributed by atoms with E-state index in [9.17, 15) is 9.90 Å². The Hall–Kier alpha value is -2.41. The van der Waals surface area contributed by atoms with E-state index in [1.807, 2.05) is 31.2 Å². The maximum absolute atomic E-state index is 12.3. The predicted molar refractivity (Wildman–Crippen MR) is 85.6 cm³/mol.